The van der Waals surface area contributed by atoms with Crippen LogP contribution in [0.1, 0.15) is 16.8 Å². The average Bonchev–Trinajstić information content (AvgIpc) is 2.97. The fourth-order valence-electron chi connectivity index (χ4n) is 1.75. The van der Waals surface area contributed by atoms with Crippen molar-refractivity contribution >= 4 is 11.6 Å². The number of aryl methyl sites for hydroxylation is 1. The Morgan fingerprint density at radius 3 is 3.05 bits per heavy atom. The van der Waals surface area contributed by atoms with Gasteiger partial charge in [-0.05, 0) is 24.6 Å². The molecule has 2 aromatic rings. The van der Waals surface area contributed by atoms with Crippen LogP contribution in [0.5, 0.6) is 5.75 Å². The molecule has 0 atom stereocenters. The zero-order valence-electron chi connectivity index (χ0n) is 11.2. The maximum Gasteiger partial charge on any atom is 0.251 e. The van der Waals surface area contributed by atoms with Gasteiger partial charge in [0.25, 0.3) is 5.91 Å². The summed E-state index contributed by atoms with van der Waals surface area (Å²) in [6.45, 7) is 1.27. The fraction of sp³-hybridized carbons (Fsp3) is 0.308. The number of amides is 1. The highest BCUT2D eigenvalue weighted by atomic mass is 16.5. The molecule has 0 spiro atoms. The highest BCUT2D eigenvalue weighted by Gasteiger charge is 2.08. The van der Waals surface area contributed by atoms with Crippen LogP contribution in [0.25, 0.3) is 0 Å². The molecule has 0 aliphatic carbocycles. The van der Waals surface area contributed by atoms with Crippen molar-refractivity contribution in [1.29, 1.82) is 0 Å². The molecule has 3 N–H and O–H groups in total. The average molecular weight is 275 g/mol. The van der Waals surface area contributed by atoms with Gasteiger partial charge in [0.1, 0.15) is 5.75 Å². The van der Waals surface area contributed by atoms with Gasteiger partial charge in [0.05, 0.1) is 19.0 Å². The van der Waals surface area contributed by atoms with Crippen LogP contribution >= 0.6 is 0 Å². The highest BCUT2D eigenvalue weighted by Crippen LogP contribution is 2.21. The molecule has 1 amide bonds. The lowest BCUT2D eigenvalue weighted by atomic mass is 10.1. The van der Waals surface area contributed by atoms with E-state index < -0.39 is 0 Å². The summed E-state index contributed by atoms with van der Waals surface area (Å²) in [6.07, 6.45) is 4.19. The van der Waals surface area contributed by atoms with E-state index in [1.165, 1.54) is 7.11 Å². The molecule has 2 rings (SSSR count). The van der Waals surface area contributed by atoms with Crippen LogP contribution in [0.3, 0.4) is 0 Å². The summed E-state index contributed by atoms with van der Waals surface area (Å²) in [4.78, 5) is 11.9. The molecule has 7 nitrogen and oxygen atoms in total. The molecule has 20 heavy (non-hydrogen) atoms. The topological polar surface area (TPSA) is 95.1 Å². The second kappa shape index (κ2) is 6.55. The van der Waals surface area contributed by atoms with Gasteiger partial charge in [-0.1, -0.05) is 5.21 Å². The van der Waals surface area contributed by atoms with Gasteiger partial charge in [-0.2, -0.15) is 0 Å². The molecule has 0 saturated heterocycles. The van der Waals surface area contributed by atoms with Crippen LogP contribution in [0, 0.1) is 0 Å². The Morgan fingerprint density at radius 2 is 2.35 bits per heavy atom. The minimum Gasteiger partial charge on any atom is -0.495 e. The van der Waals surface area contributed by atoms with E-state index in [0.29, 0.717) is 30.1 Å². The maximum atomic E-state index is 11.9. The van der Waals surface area contributed by atoms with E-state index in [9.17, 15) is 4.79 Å². The van der Waals surface area contributed by atoms with Gasteiger partial charge in [0, 0.05) is 24.8 Å². The minimum atomic E-state index is -0.151. The number of anilines is 1. The SMILES string of the molecule is COc1cc(C(=O)NCCCn2ccnn2)ccc1N. The van der Waals surface area contributed by atoms with Crippen molar-refractivity contribution < 1.29 is 9.53 Å². The number of nitrogens with zero attached hydrogens (tertiary/aromatic N) is 3. The van der Waals surface area contributed by atoms with Crippen molar-refractivity contribution in [3.8, 4) is 5.75 Å². The predicted octanol–water partition coefficient (Wildman–Crippen LogP) is 0.689. The molecule has 0 radical (unpaired) electrons. The Balaban J connectivity index is 1.82. The summed E-state index contributed by atoms with van der Waals surface area (Å²) in [6, 6.07) is 4.95. The summed E-state index contributed by atoms with van der Waals surface area (Å²) in [5.74, 6) is 0.349. The number of nitrogens with two attached hydrogens (primary N) is 1. The van der Waals surface area contributed by atoms with E-state index in [0.717, 1.165) is 6.42 Å². The monoisotopic (exact) mass is 275 g/mol. The quantitative estimate of drug-likeness (QED) is 0.597. The summed E-state index contributed by atoms with van der Waals surface area (Å²) in [5.41, 5.74) is 6.74. The Labute approximate surface area is 116 Å². The first-order valence-electron chi connectivity index (χ1n) is 6.26. The van der Waals surface area contributed by atoms with Gasteiger partial charge < -0.3 is 15.8 Å². The number of ether oxygens (including phenoxy) is 1. The van der Waals surface area contributed by atoms with Gasteiger partial charge in [-0.3, -0.25) is 9.48 Å². The molecule has 0 bridgehead atoms. The van der Waals surface area contributed by atoms with Crippen LogP contribution in [0.15, 0.2) is 30.6 Å². The molecule has 1 heterocycles. The van der Waals surface area contributed by atoms with Crippen molar-refractivity contribution in [1.82, 2.24) is 20.3 Å². The van der Waals surface area contributed by atoms with Crippen LogP contribution < -0.4 is 15.8 Å². The molecule has 106 valence electrons. The van der Waals surface area contributed by atoms with Crippen molar-refractivity contribution in [2.45, 2.75) is 13.0 Å². The first kappa shape index (κ1) is 13.9. The zero-order valence-corrected chi connectivity index (χ0v) is 11.2. The lowest BCUT2D eigenvalue weighted by Gasteiger charge is -2.08. The van der Waals surface area contributed by atoms with E-state index in [2.05, 4.69) is 15.6 Å². The third-order valence-corrected chi connectivity index (χ3v) is 2.82. The molecule has 1 aromatic carbocycles. The number of carbonyl (C=O) groups is 1. The first-order valence-corrected chi connectivity index (χ1v) is 6.26. The highest BCUT2D eigenvalue weighted by molar-refractivity contribution is 5.95. The summed E-state index contributed by atoms with van der Waals surface area (Å²) in [7, 11) is 1.52. The van der Waals surface area contributed by atoms with Gasteiger partial charge >= 0.3 is 0 Å². The molecular formula is C13H17N5O2. The predicted molar refractivity (Wildman–Crippen MR) is 74.4 cm³/mol. The van der Waals surface area contributed by atoms with E-state index in [4.69, 9.17) is 10.5 Å². The minimum absolute atomic E-state index is 0.151. The van der Waals surface area contributed by atoms with E-state index in [-0.39, 0.29) is 5.91 Å². The van der Waals surface area contributed by atoms with E-state index >= 15 is 0 Å². The lowest BCUT2D eigenvalue weighted by Crippen LogP contribution is -2.25. The molecule has 0 unspecified atom stereocenters. The lowest BCUT2D eigenvalue weighted by molar-refractivity contribution is 0.0952. The summed E-state index contributed by atoms with van der Waals surface area (Å²) >= 11 is 0. The van der Waals surface area contributed by atoms with Crippen LogP contribution in [-0.2, 0) is 6.54 Å². The number of nitrogens with one attached hydrogen (secondary N) is 1. The molecule has 7 heteroatoms. The number of hydrogen-bond acceptors (Lipinski definition) is 5. The third kappa shape index (κ3) is 3.47. The van der Waals surface area contributed by atoms with E-state index in [1.54, 1.807) is 35.3 Å². The molecular weight excluding hydrogens is 258 g/mol. The first-order chi connectivity index (χ1) is 9.70. The molecule has 0 saturated carbocycles. The van der Waals surface area contributed by atoms with Gasteiger partial charge in [0.15, 0.2) is 0 Å². The smallest absolute Gasteiger partial charge is 0.251 e. The van der Waals surface area contributed by atoms with Crippen molar-refractivity contribution in [2.75, 3.05) is 19.4 Å². The Bertz CT molecular complexity index is 568. The molecule has 0 aliphatic rings. The van der Waals surface area contributed by atoms with Crippen molar-refractivity contribution in [3.63, 3.8) is 0 Å². The fourth-order valence-corrected chi connectivity index (χ4v) is 1.75. The maximum absolute atomic E-state index is 11.9. The molecule has 0 fully saturated rings. The van der Waals surface area contributed by atoms with Crippen LogP contribution in [0.2, 0.25) is 0 Å². The van der Waals surface area contributed by atoms with Gasteiger partial charge in [-0.15, -0.1) is 5.10 Å². The van der Waals surface area contributed by atoms with Crippen molar-refractivity contribution in [3.05, 3.63) is 36.2 Å². The number of nitrogen functional groups attached to an aromatic ring is 1. The second-order valence-corrected chi connectivity index (χ2v) is 4.23. The standard InChI is InChI=1S/C13H17N5O2/c1-20-12-9-10(3-4-11(12)14)13(19)15-5-2-7-18-8-6-16-17-18/h3-4,6,8-9H,2,5,7,14H2,1H3,(H,15,19). The Hall–Kier alpha value is -2.57. The molecule has 1 aromatic heterocycles. The normalized spacial score (nSPS) is 10.2. The number of hydrogen-bond donors (Lipinski definition) is 2. The number of methoxy groups -OCH3 is 1. The van der Waals surface area contributed by atoms with Gasteiger partial charge in [0.2, 0.25) is 0 Å². The third-order valence-electron chi connectivity index (χ3n) is 2.82. The summed E-state index contributed by atoms with van der Waals surface area (Å²) in [5, 5.41) is 10.4. The number of carbonyl (C=O) groups excluding carboxylic acids is 1. The number of benzene rings is 1. The van der Waals surface area contributed by atoms with Crippen LogP contribution in [0.4, 0.5) is 5.69 Å². The summed E-state index contributed by atoms with van der Waals surface area (Å²) < 4.78 is 6.81. The molecule has 0 aliphatic heterocycles. The Kier molecular flexibility index (Phi) is 4.54. The Morgan fingerprint density at radius 1 is 1.50 bits per heavy atom. The number of rotatable bonds is 6. The van der Waals surface area contributed by atoms with E-state index in [1.807, 2.05) is 0 Å². The van der Waals surface area contributed by atoms with Crippen LogP contribution in [-0.4, -0.2) is 34.6 Å². The largest absolute Gasteiger partial charge is 0.495 e. The zero-order chi connectivity index (χ0) is 14.4. The van der Waals surface area contributed by atoms with Crippen molar-refractivity contribution in [2.24, 2.45) is 0 Å². The van der Waals surface area contributed by atoms with Gasteiger partial charge in [-0.25, -0.2) is 0 Å². The second-order valence-electron chi connectivity index (χ2n) is 4.23. The number of aromatic nitrogens is 3.